The smallest absolute Gasteiger partial charge is 0.307 e. The van der Waals surface area contributed by atoms with Gasteiger partial charge in [-0.15, -0.1) is 0 Å². The van der Waals surface area contributed by atoms with E-state index in [0.717, 1.165) is 5.76 Å². The van der Waals surface area contributed by atoms with Crippen molar-refractivity contribution >= 4 is 11.9 Å². The molecule has 0 aliphatic heterocycles. The summed E-state index contributed by atoms with van der Waals surface area (Å²) in [6.07, 6.45) is 3.44. The first-order chi connectivity index (χ1) is 9.47. The van der Waals surface area contributed by atoms with Crippen molar-refractivity contribution in [3.63, 3.8) is 0 Å². The minimum atomic E-state index is -0.867. The Hall–Kier alpha value is -1.78. The molecule has 2 rings (SSSR count). The van der Waals surface area contributed by atoms with E-state index in [2.05, 4.69) is 5.32 Å². The highest BCUT2D eigenvalue weighted by atomic mass is 16.4. The Morgan fingerprint density at radius 3 is 2.75 bits per heavy atom. The van der Waals surface area contributed by atoms with Gasteiger partial charge in [-0.1, -0.05) is 6.92 Å². The van der Waals surface area contributed by atoms with Gasteiger partial charge in [-0.25, -0.2) is 0 Å². The first-order valence-corrected chi connectivity index (χ1v) is 7.03. The van der Waals surface area contributed by atoms with Crippen LogP contribution >= 0.6 is 0 Å². The number of hydrogen-bond acceptors (Lipinski definition) is 3. The minimum Gasteiger partial charge on any atom is -0.481 e. The van der Waals surface area contributed by atoms with E-state index in [-0.39, 0.29) is 17.9 Å². The summed E-state index contributed by atoms with van der Waals surface area (Å²) in [7, 11) is 0. The molecule has 0 bridgehead atoms. The molecule has 20 heavy (non-hydrogen) atoms. The lowest BCUT2D eigenvalue weighted by Gasteiger charge is -2.19. The molecule has 1 aromatic rings. The van der Waals surface area contributed by atoms with E-state index in [1.807, 2.05) is 26.0 Å². The van der Waals surface area contributed by atoms with Crippen molar-refractivity contribution in [3.8, 4) is 0 Å². The molecule has 1 heterocycles. The Balaban J connectivity index is 1.92. The third-order valence-corrected chi connectivity index (χ3v) is 3.93. The van der Waals surface area contributed by atoms with Crippen molar-refractivity contribution in [3.05, 3.63) is 24.2 Å². The molecule has 2 unspecified atom stereocenters. The molecule has 5 heteroatoms. The normalized spacial score (nSPS) is 27.2. The van der Waals surface area contributed by atoms with Crippen LogP contribution in [0.5, 0.6) is 0 Å². The lowest BCUT2D eigenvalue weighted by Crippen LogP contribution is -2.40. The minimum absolute atomic E-state index is 0.0704. The molecule has 0 saturated heterocycles. The molecular weight excluding hydrogens is 258 g/mol. The number of carbonyl (C=O) groups excluding carboxylic acids is 1. The Morgan fingerprint density at radius 2 is 2.15 bits per heavy atom. The van der Waals surface area contributed by atoms with E-state index in [4.69, 9.17) is 4.42 Å². The summed E-state index contributed by atoms with van der Waals surface area (Å²) in [6, 6.07) is 3.60. The molecule has 1 aromatic heterocycles. The van der Waals surface area contributed by atoms with E-state index in [9.17, 15) is 14.7 Å². The number of carboxylic acids is 1. The second kappa shape index (κ2) is 6.11. The Kier molecular flexibility index (Phi) is 4.47. The number of amides is 1. The SMILES string of the molecule is CC1C[C@H](C(=O)NC(C)Cc2ccco2)[C@H](C(=O)O)C1. The second-order valence-corrected chi connectivity index (χ2v) is 5.82. The summed E-state index contributed by atoms with van der Waals surface area (Å²) in [4.78, 5) is 23.4. The molecule has 0 spiro atoms. The van der Waals surface area contributed by atoms with Gasteiger partial charge in [0.1, 0.15) is 5.76 Å². The van der Waals surface area contributed by atoms with Crippen molar-refractivity contribution in [1.82, 2.24) is 5.32 Å². The van der Waals surface area contributed by atoms with Crippen LogP contribution in [0.25, 0.3) is 0 Å². The average Bonchev–Trinajstić information content (AvgIpc) is 2.97. The predicted molar refractivity (Wildman–Crippen MR) is 73.0 cm³/mol. The van der Waals surface area contributed by atoms with Crippen molar-refractivity contribution in [2.24, 2.45) is 17.8 Å². The number of nitrogens with one attached hydrogen (secondary N) is 1. The summed E-state index contributed by atoms with van der Waals surface area (Å²) >= 11 is 0. The molecule has 0 aromatic carbocycles. The highest BCUT2D eigenvalue weighted by molar-refractivity contribution is 5.85. The molecule has 1 amide bonds. The van der Waals surface area contributed by atoms with Gasteiger partial charge in [0.15, 0.2) is 0 Å². The Labute approximate surface area is 118 Å². The van der Waals surface area contributed by atoms with Gasteiger partial charge in [0.25, 0.3) is 0 Å². The fraction of sp³-hybridized carbons (Fsp3) is 0.600. The monoisotopic (exact) mass is 279 g/mol. The second-order valence-electron chi connectivity index (χ2n) is 5.82. The maximum atomic E-state index is 12.2. The van der Waals surface area contributed by atoms with E-state index >= 15 is 0 Å². The maximum absolute atomic E-state index is 12.2. The van der Waals surface area contributed by atoms with E-state index < -0.39 is 17.8 Å². The summed E-state index contributed by atoms with van der Waals surface area (Å²) in [5.74, 6) is -0.893. The van der Waals surface area contributed by atoms with Crippen LogP contribution in [0.4, 0.5) is 0 Å². The van der Waals surface area contributed by atoms with Crippen molar-refractivity contribution < 1.29 is 19.1 Å². The quantitative estimate of drug-likeness (QED) is 0.864. The van der Waals surface area contributed by atoms with Crippen LogP contribution in [-0.2, 0) is 16.0 Å². The van der Waals surface area contributed by atoms with Gasteiger partial charge in [0, 0.05) is 12.5 Å². The van der Waals surface area contributed by atoms with Crippen molar-refractivity contribution in [1.29, 1.82) is 0 Å². The van der Waals surface area contributed by atoms with Crippen LogP contribution in [0.15, 0.2) is 22.8 Å². The van der Waals surface area contributed by atoms with Crippen LogP contribution in [0.1, 0.15) is 32.4 Å². The zero-order valence-electron chi connectivity index (χ0n) is 11.8. The van der Waals surface area contributed by atoms with Crippen LogP contribution in [0.3, 0.4) is 0 Å². The van der Waals surface area contributed by atoms with Gasteiger partial charge < -0.3 is 14.8 Å². The molecule has 1 saturated carbocycles. The van der Waals surface area contributed by atoms with Crippen LogP contribution in [0, 0.1) is 17.8 Å². The number of carboxylic acid groups (broad SMARTS) is 1. The molecule has 110 valence electrons. The first kappa shape index (κ1) is 14.6. The summed E-state index contributed by atoms with van der Waals surface area (Å²) in [5.41, 5.74) is 0. The van der Waals surface area contributed by atoms with Crippen molar-refractivity contribution in [2.45, 2.75) is 39.2 Å². The number of furan rings is 1. The van der Waals surface area contributed by atoms with Crippen LogP contribution in [0.2, 0.25) is 0 Å². The number of hydrogen-bond donors (Lipinski definition) is 2. The number of carbonyl (C=O) groups is 2. The van der Waals surface area contributed by atoms with Gasteiger partial charge in [-0.2, -0.15) is 0 Å². The lowest BCUT2D eigenvalue weighted by molar-refractivity contribution is -0.146. The zero-order valence-corrected chi connectivity index (χ0v) is 11.8. The van der Waals surface area contributed by atoms with Crippen LogP contribution < -0.4 is 5.32 Å². The van der Waals surface area contributed by atoms with E-state index in [0.29, 0.717) is 19.3 Å². The molecule has 1 aliphatic rings. The Morgan fingerprint density at radius 1 is 1.45 bits per heavy atom. The lowest BCUT2D eigenvalue weighted by atomic mass is 9.95. The molecule has 0 radical (unpaired) electrons. The summed E-state index contributed by atoms with van der Waals surface area (Å²) < 4.78 is 5.24. The van der Waals surface area contributed by atoms with Gasteiger partial charge in [-0.05, 0) is 37.8 Å². The first-order valence-electron chi connectivity index (χ1n) is 7.03. The number of rotatable bonds is 5. The zero-order chi connectivity index (χ0) is 14.7. The predicted octanol–water partition coefficient (Wildman–Crippen LogP) is 2.07. The maximum Gasteiger partial charge on any atom is 0.307 e. The largest absolute Gasteiger partial charge is 0.481 e. The molecule has 2 N–H and O–H groups in total. The third kappa shape index (κ3) is 3.40. The molecular formula is C15H21NO4. The highest BCUT2D eigenvalue weighted by Crippen LogP contribution is 2.36. The van der Waals surface area contributed by atoms with Gasteiger partial charge in [0.2, 0.25) is 5.91 Å². The highest BCUT2D eigenvalue weighted by Gasteiger charge is 2.41. The fourth-order valence-corrected chi connectivity index (χ4v) is 2.99. The van der Waals surface area contributed by atoms with E-state index in [1.165, 1.54) is 0 Å². The van der Waals surface area contributed by atoms with Crippen LogP contribution in [-0.4, -0.2) is 23.0 Å². The van der Waals surface area contributed by atoms with Gasteiger partial charge in [-0.3, -0.25) is 9.59 Å². The average molecular weight is 279 g/mol. The topological polar surface area (TPSA) is 79.5 Å². The molecule has 5 nitrogen and oxygen atoms in total. The summed E-state index contributed by atoms with van der Waals surface area (Å²) in [5, 5.41) is 12.1. The molecule has 1 fully saturated rings. The standard InChI is InChI=1S/C15H21NO4/c1-9-6-12(13(7-9)15(18)19)14(17)16-10(2)8-11-4-3-5-20-11/h3-5,9-10,12-13H,6-8H2,1-2H3,(H,16,17)(H,18,19)/t9?,10?,12-,13+/m0/s1. The van der Waals surface area contributed by atoms with Gasteiger partial charge >= 0.3 is 5.97 Å². The number of aliphatic carboxylic acids is 1. The van der Waals surface area contributed by atoms with Gasteiger partial charge in [0.05, 0.1) is 18.1 Å². The molecule has 1 aliphatic carbocycles. The molecule has 4 atom stereocenters. The summed E-state index contributed by atoms with van der Waals surface area (Å²) in [6.45, 7) is 3.89. The Bertz CT molecular complexity index is 468. The van der Waals surface area contributed by atoms with E-state index in [1.54, 1.807) is 6.26 Å². The van der Waals surface area contributed by atoms with Crippen molar-refractivity contribution in [2.75, 3.05) is 0 Å². The third-order valence-electron chi connectivity index (χ3n) is 3.93. The fourth-order valence-electron chi connectivity index (χ4n) is 2.99.